The zero-order valence-electron chi connectivity index (χ0n) is 17.1. The fraction of sp³-hybridized carbons (Fsp3) is 0.167. The van der Waals surface area contributed by atoms with Gasteiger partial charge in [-0.05, 0) is 59.9 Å². The molecule has 3 rings (SSSR count). The van der Waals surface area contributed by atoms with Gasteiger partial charge in [-0.25, -0.2) is 0 Å². The normalized spacial score (nSPS) is 10.4. The summed E-state index contributed by atoms with van der Waals surface area (Å²) in [6.07, 6.45) is 2.80. The number of thiocarbonyl (C=S) groups is 1. The quantitative estimate of drug-likeness (QED) is 0.302. The molecule has 1 amide bonds. The van der Waals surface area contributed by atoms with Crippen molar-refractivity contribution in [3.05, 3.63) is 94.0 Å². The van der Waals surface area contributed by atoms with E-state index in [1.165, 1.54) is 10.5 Å². The molecule has 0 radical (unpaired) electrons. The number of carbonyl (C=O) groups excluding carboxylic acids is 1. The molecular weight excluding hydrogens is 492 g/mol. The summed E-state index contributed by atoms with van der Waals surface area (Å²) in [6, 6.07) is 23.7. The Morgan fingerprint density at radius 2 is 1.77 bits per heavy atom. The number of rotatable bonds is 8. The van der Waals surface area contributed by atoms with Crippen LogP contribution in [0.2, 0.25) is 0 Å². The van der Waals surface area contributed by atoms with E-state index >= 15 is 0 Å². The molecule has 0 saturated heterocycles. The molecule has 31 heavy (non-hydrogen) atoms. The number of amides is 1. The largest absolute Gasteiger partial charge is 0.492 e. The Morgan fingerprint density at radius 1 is 1.03 bits per heavy atom. The SMILES string of the molecule is CSc1ccc(CNC(=S)NC(=O)c2cc(Br)ccc2OCCc2ccccc2)cc1. The number of hydrogen-bond donors (Lipinski definition) is 2. The van der Waals surface area contributed by atoms with Crippen LogP contribution in [0.25, 0.3) is 0 Å². The van der Waals surface area contributed by atoms with Crippen LogP contribution in [0, 0.1) is 0 Å². The predicted molar refractivity (Wildman–Crippen MR) is 135 cm³/mol. The molecule has 0 atom stereocenters. The topological polar surface area (TPSA) is 50.4 Å². The van der Waals surface area contributed by atoms with Crippen molar-refractivity contribution in [3.63, 3.8) is 0 Å². The van der Waals surface area contributed by atoms with Gasteiger partial charge < -0.3 is 10.1 Å². The monoisotopic (exact) mass is 514 g/mol. The molecule has 0 heterocycles. The van der Waals surface area contributed by atoms with Gasteiger partial charge >= 0.3 is 0 Å². The maximum atomic E-state index is 12.8. The van der Waals surface area contributed by atoms with Crippen molar-refractivity contribution < 1.29 is 9.53 Å². The van der Waals surface area contributed by atoms with Crippen molar-refractivity contribution in [2.24, 2.45) is 0 Å². The highest BCUT2D eigenvalue weighted by Crippen LogP contribution is 2.23. The zero-order chi connectivity index (χ0) is 22.1. The number of benzene rings is 3. The van der Waals surface area contributed by atoms with E-state index in [2.05, 4.69) is 50.8 Å². The summed E-state index contributed by atoms with van der Waals surface area (Å²) < 4.78 is 6.69. The average molecular weight is 515 g/mol. The van der Waals surface area contributed by atoms with Crippen LogP contribution in [0.15, 0.2) is 82.2 Å². The van der Waals surface area contributed by atoms with Gasteiger partial charge in [0.15, 0.2) is 5.11 Å². The maximum absolute atomic E-state index is 12.8. The van der Waals surface area contributed by atoms with E-state index in [0.29, 0.717) is 24.5 Å². The van der Waals surface area contributed by atoms with Gasteiger partial charge in [0, 0.05) is 22.3 Å². The Bertz CT molecular complexity index is 1030. The third kappa shape index (κ3) is 7.38. The summed E-state index contributed by atoms with van der Waals surface area (Å²) in [7, 11) is 0. The van der Waals surface area contributed by atoms with Gasteiger partial charge in [-0.3, -0.25) is 10.1 Å². The third-order valence-corrected chi connectivity index (χ3v) is 6.00. The highest BCUT2D eigenvalue weighted by Gasteiger charge is 2.15. The zero-order valence-corrected chi connectivity index (χ0v) is 20.3. The average Bonchev–Trinajstić information content (AvgIpc) is 2.79. The first kappa shape index (κ1) is 23.3. The van der Waals surface area contributed by atoms with Gasteiger partial charge in [-0.15, -0.1) is 11.8 Å². The Hall–Kier alpha value is -2.35. The van der Waals surface area contributed by atoms with Crippen molar-refractivity contribution >= 4 is 50.9 Å². The first-order valence-electron chi connectivity index (χ1n) is 9.73. The minimum absolute atomic E-state index is 0.272. The summed E-state index contributed by atoms with van der Waals surface area (Å²) in [5.41, 5.74) is 2.69. The molecule has 3 aromatic rings. The smallest absolute Gasteiger partial charge is 0.261 e. The molecule has 4 nitrogen and oxygen atoms in total. The summed E-state index contributed by atoms with van der Waals surface area (Å²) in [6.45, 7) is 1.01. The molecule has 0 aliphatic carbocycles. The fourth-order valence-corrected chi connectivity index (χ4v) is 3.80. The van der Waals surface area contributed by atoms with E-state index in [9.17, 15) is 4.79 Å². The van der Waals surface area contributed by atoms with E-state index in [1.807, 2.05) is 42.7 Å². The van der Waals surface area contributed by atoms with E-state index in [-0.39, 0.29) is 11.0 Å². The van der Waals surface area contributed by atoms with Gasteiger partial charge in [-0.1, -0.05) is 58.4 Å². The highest BCUT2D eigenvalue weighted by molar-refractivity contribution is 9.10. The maximum Gasteiger partial charge on any atom is 0.261 e. The second-order valence-corrected chi connectivity index (χ2v) is 8.91. The summed E-state index contributed by atoms with van der Waals surface area (Å²) in [5.74, 6) is 0.207. The molecule has 3 aromatic carbocycles. The molecule has 0 aromatic heterocycles. The Balaban J connectivity index is 1.56. The lowest BCUT2D eigenvalue weighted by Crippen LogP contribution is -2.39. The first-order chi connectivity index (χ1) is 15.0. The molecule has 0 saturated carbocycles. The van der Waals surface area contributed by atoms with Crippen LogP contribution >= 0.6 is 39.9 Å². The van der Waals surface area contributed by atoms with E-state index in [0.717, 1.165) is 16.5 Å². The van der Waals surface area contributed by atoms with Crippen LogP contribution in [0.3, 0.4) is 0 Å². The van der Waals surface area contributed by atoms with Crippen LogP contribution in [0.1, 0.15) is 21.5 Å². The molecular formula is C24H23BrN2O2S2. The van der Waals surface area contributed by atoms with Crippen molar-refractivity contribution in [1.29, 1.82) is 0 Å². The van der Waals surface area contributed by atoms with E-state index in [4.69, 9.17) is 17.0 Å². The Kier molecular flexibility index (Phi) is 8.94. The molecule has 0 bridgehead atoms. The van der Waals surface area contributed by atoms with Crippen LogP contribution < -0.4 is 15.4 Å². The lowest BCUT2D eigenvalue weighted by molar-refractivity contribution is 0.0972. The van der Waals surface area contributed by atoms with Gasteiger partial charge in [0.25, 0.3) is 5.91 Å². The standard InChI is InChI=1S/C24H23BrN2O2S2/c1-31-20-10-7-18(8-11-20)16-26-24(30)27-23(28)21-15-19(25)9-12-22(21)29-14-13-17-5-3-2-4-6-17/h2-12,15H,13-14,16H2,1H3,(H2,26,27,28,30). The highest BCUT2D eigenvalue weighted by atomic mass is 79.9. The lowest BCUT2D eigenvalue weighted by atomic mass is 10.1. The number of hydrogen-bond acceptors (Lipinski definition) is 4. The number of nitrogens with one attached hydrogen (secondary N) is 2. The van der Waals surface area contributed by atoms with Crippen molar-refractivity contribution in [2.75, 3.05) is 12.9 Å². The molecule has 0 aliphatic heterocycles. The minimum Gasteiger partial charge on any atom is -0.492 e. The van der Waals surface area contributed by atoms with Crippen LogP contribution in [0.5, 0.6) is 5.75 Å². The van der Waals surface area contributed by atoms with Gasteiger partial charge in [0.05, 0.1) is 12.2 Å². The molecule has 0 fully saturated rings. The van der Waals surface area contributed by atoms with E-state index in [1.54, 1.807) is 23.9 Å². The second kappa shape index (κ2) is 11.9. The van der Waals surface area contributed by atoms with Crippen LogP contribution in [-0.2, 0) is 13.0 Å². The second-order valence-electron chi connectivity index (χ2n) is 6.71. The predicted octanol–water partition coefficient (Wildman–Crippen LogP) is 5.60. The summed E-state index contributed by atoms with van der Waals surface area (Å²) >= 11 is 10.4. The van der Waals surface area contributed by atoms with Crippen molar-refractivity contribution in [1.82, 2.24) is 10.6 Å². The molecule has 7 heteroatoms. The molecule has 2 N–H and O–H groups in total. The summed E-state index contributed by atoms with van der Waals surface area (Å²) in [4.78, 5) is 14.0. The third-order valence-electron chi connectivity index (χ3n) is 4.52. The fourth-order valence-electron chi connectivity index (χ4n) is 2.87. The van der Waals surface area contributed by atoms with Crippen molar-refractivity contribution in [3.8, 4) is 5.75 Å². The minimum atomic E-state index is -0.314. The summed E-state index contributed by atoms with van der Waals surface area (Å²) in [5, 5.41) is 6.09. The van der Waals surface area contributed by atoms with E-state index < -0.39 is 0 Å². The van der Waals surface area contributed by atoms with Gasteiger partial charge in [0.2, 0.25) is 0 Å². The Morgan fingerprint density at radius 3 is 2.48 bits per heavy atom. The first-order valence-corrected chi connectivity index (χ1v) is 12.2. The number of carbonyl (C=O) groups is 1. The van der Waals surface area contributed by atoms with Crippen LogP contribution in [-0.4, -0.2) is 23.9 Å². The van der Waals surface area contributed by atoms with Gasteiger partial charge in [-0.2, -0.15) is 0 Å². The number of thioether (sulfide) groups is 1. The molecule has 160 valence electrons. The van der Waals surface area contributed by atoms with Gasteiger partial charge in [0.1, 0.15) is 5.75 Å². The number of ether oxygens (including phenoxy) is 1. The lowest BCUT2D eigenvalue weighted by Gasteiger charge is -2.14. The molecule has 0 spiro atoms. The molecule has 0 aliphatic rings. The molecule has 0 unspecified atom stereocenters. The number of halogens is 1. The van der Waals surface area contributed by atoms with Crippen molar-refractivity contribution in [2.45, 2.75) is 17.9 Å². The van der Waals surface area contributed by atoms with Crippen LogP contribution in [0.4, 0.5) is 0 Å². The Labute approximate surface area is 200 Å².